The van der Waals surface area contributed by atoms with Gasteiger partial charge in [0.15, 0.2) is 5.82 Å². The molecule has 4 aromatic rings. The van der Waals surface area contributed by atoms with E-state index in [1.54, 1.807) is 29.1 Å². The number of benzene rings is 1. The van der Waals surface area contributed by atoms with Gasteiger partial charge in [0.1, 0.15) is 10.8 Å². The molecule has 1 unspecified atom stereocenters. The zero-order chi connectivity index (χ0) is 22.1. The zero-order valence-corrected chi connectivity index (χ0v) is 19.4. The van der Waals surface area contributed by atoms with Gasteiger partial charge in [-0.25, -0.2) is 4.39 Å². The van der Waals surface area contributed by atoms with E-state index in [2.05, 4.69) is 32.6 Å². The van der Waals surface area contributed by atoms with Crippen LogP contribution in [0.15, 0.2) is 30.5 Å². The second kappa shape index (κ2) is 8.94. The van der Waals surface area contributed by atoms with Crippen LogP contribution >= 0.6 is 34.5 Å². The number of rotatable bonds is 7. The van der Waals surface area contributed by atoms with Crippen LogP contribution in [-0.2, 0) is 13.1 Å². The van der Waals surface area contributed by atoms with E-state index in [0.717, 1.165) is 16.4 Å². The lowest BCUT2D eigenvalue weighted by Crippen LogP contribution is -2.09. The molecular weight excluding hydrogens is 460 g/mol. The van der Waals surface area contributed by atoms with E-state index < -0.39 is 0 Å². The Morgan fingerprint density at radius 3 is 2.68 bits per heavy atom. The van der Waals surface area contributed by atoms with Gasteiger partial charge in [-0.3, -0.25) is 9.36 Å². The number of anilines is 2. The fraction of sp³-hybridized carbons (Fsp3) is 0.300. The maximum atomic E-state index is 14.0. The van der Waals surface area contributed by atoms with Crippen molar-refractivity contribution >= 4 is 45.5 Å². The minimum absolute atomic E-state index is 0.114. The molecule has 0 saturated carbocycles. The first-order valence-corrected chi connectivity index (χ1v) is 11.2. The minimum atomic E-state index is -0.357. The molecule has 0 aliphatic rings. The first-order valence-electron chi connectivity index (χ1n) is 9.58. The van der Waals surface area contributed by atoms with Crippen molar-refractivity contribution in [3.8, 4) is 0 Å². The van der Waals surface area contributed by atoms with Crippen molar-refractivity contribution in [2.75, 3.05) is 5.32 Å². The van der Waals surface area contributed by atoms with E-state index in [9.17, 15) is 4.39 Å². The lowest BCUT2D eigenvalue weighted by atomic mass is 10.2. The van der Waals surface area contributed by atoms with Gasteiger partial charge >= 0.3 is 0 Å². The van der Waals surface area contributed by atoms with Gasteiger partial charge in [-0.15, -0.1) is 10.2 Å². The zero-order valence-electron chi connectivity index (χ0n) is 17.1. The largest absolute Gasteiger partial charge is 0.313 e. The molecule has 3 heterocycles. The van der Waals surface area contributed by atoms with E-state index in [-0.39, 0.29) is 18.3 Å². The second-order valence-electron chi connectivity index (χ2n) is 7.24. The highest BCUT2D eigenvalue weighted by molar-refractivity contribution is 7.15. The fourth-order valence-corrected chi connectivity index (χ4v) is 4.30. The van der Waals surface area contributed by atoms with Crippen LogP contribution in [-0.4, -0.2) is 29.8 Å². The van der Waals surface area contributed by atoms with Gasteiger partial charge in [-0.1, -0.05) is 47.5 Å². The summed E-state index contributed by atoms with van der Waals surface area (Å²) in [6.45, 7) is 6.81. The Labute approximate surface area is 192 Å². The summed E-state index contributed by atoms with van der Waals surface area (Å²) in [6, 6.07) is 6.41. The van der Waals surface area contributed by atoms with Crippen LogP contribution in [0.1, 0.15) is 34.8 Å². The molecule has 31 heavy (non-hydrogen) atoms. The van der Waals surface area contributed by atoms with Crippen molar-refractivity contribution in [2.45, 2.75) is 39.8 Å². The van der Waals surface area contributed by atoms with E-state index >= 15 is 0 Å². The van der Waals surface area contributed by atoms with Gasteiger partial charge in [-0.05, 0) is 26.0 Å². The molecule has 0 aliphatic heterocycles. The van der Waals surface area contributed by atoms with Crippen molar-refractivity contribution in [3.63, 3.8) is 0 Å². The van der Waals surface area contributed by atoms with Crippen LogP contribution in [0, 0.1) is 19.7 Å². The highest BCUT2D eigenvalue weighted by Gasteiger charge is 2.17. The number of hydrogen-bond donors (Lipinski definition) is 1. The molecule has 1 aromatic carbocycles. The Morgan fingerprint density at radius 2 is 1.97 bits per heavy atom. The molecule has 7 nitrogen and oxygen atoms in total. The van der Waals surface area contributed by atoms with Gasteiger partial charge in [0, 0.05) is 28.8 Å². The monoisotopic (exact) mass is 479 g/mol. The van der Waals surface area contributed by atoms with E-state index in [1.165, 1.54) is 17.4 Å². The maximum absolute atomic E-state index is 14.0. The number of aryl methyl sites for hydroxylation is 1. The molecule has 3 aromatic heterocycles. The van der Waals surface area contributed by atoms with E-state index in [1.807, 2.05) is 18.5 Å². The summed E-state index contributed by atoms with van der Waals surface area (Å²) < 4.78 is 17.5. The highest BCUT2D eigenvalue weighted by atomic mass is 35.5. The van der Waals surface area contributed by atoms with Crippen LogP contribution in [0.5, 0.6) is 0 Å². The Hall–Kier alpha value is -2.49. The summed E-state index contributed by atoms with van der Waals surface area (Å²) in [4.78, 5) is 0. The van der Waals surface area contributed by atoms with Gasteiger partial charge in [0.25, 0.3) is 0 Å². The number of aromatic nitrogens is 6. The third-order valence-corrected chi connectivity index (χ3v) is 6.83. The Bertz CT molecular complexity index is 1200. The standard InChI is InChI=1S/C20H20Cl2FN7S/c1-11(9-30-13(3)18(22)12(2)27-30)19-25-26-20(31-19)24-17-7-8-29(28-17)10-14-15(21)5-4-6-16(14)23/h4-8,11H,9-10H2,1-3H3,(H,24,26,28). The summed E-state index contributed by atoms with van der Waals surface area (Å²) in [6.07, 6.45) is 1.75. The first-order chi connectivity index (χ1) is 14.8. The Balaban J connectivity index is 1.42. The quantitative estimate of drug-likeness (QED) is 0.373. The summed E-state index contributed by atoms with van der Waals surface area (Å²) in [7, 11) is 0. The predicted molar refractivity (Wildman–Crippen MR) is 121 cm³/mol. The maximum Gasteiger partial charge on any atom is 0.211 e. The van der Waals surface area contributed by atoms with Crippen molar-refractivity contribution in [3.05, 3.63) is 68.3 Å². The molecule has 0 bridgehead atoms. The second-order valence-corrected chi connectivity index (χ2v) is 9.03. The summed E-state index contributed by atoms with van der Waals surface area (Å²) in [5, 5.41) is 23.1. The molecule has 11 heteroatoms. The van der Waals surface area contributed by atoms with Crippen molar-refractivity contribution < 1.29 is 4.39 Å². The average Bonchev–Trinajstić information content (AvgIpc) is 3.43. The molecule has 1 N–H and O–H groups in total. The van der Waals surface area contributed by atoms with Crippen molar-refractivity contribution in [1.82, 2.24) is 29.8 Å². The molecular formula is C20H20Cl2FN7S. The van der Waals surface area contributed by atoms with Crippen LogP contribution in [0.4, 0.5) is 15.3 Å². The van der Waals surface area contributed by atoms with Crippen molar-refractivity contribution in [1.29, 1.82) is 0 Å². The van der Waals surface area contributed by atoms with E-state index in [4.69, 9.17) is 23.2 Å². The molecule has 0 fully saturated rings. The molecule has 0 radical (unpaired) electrons. The predicted octanol–water partition coefficient (Wildman–Crippen LogP) is 5.59. The Kier molecular flexibility index (Phi) is 6.27. The summed E-state index contributed by atoms with van der Waals surface area (Å²) >= 11 is 13.8. The first kappa shape index (κ1) is 21.7. The minimum Gasteiger partial charge on any atom is -0.313 e. The SMILES string of the molecule is Cc1nn(CC(C)c2nnc(Nc3ccn(Cc4c(F)cccc4Cl)n3)s2)c(C)c1Cl. The normalized spacial score (nSPS) is 12.3. The highest BCUT2D eigenvalue weighted by Crippen LogP contribution is 2.28. The van der Waals surface area contributed by atoms with E-state index in [0.29, 0.717) is 33.1 Å². The summed E-state index contributed by atoms with van der Waals surface area (Å²) in [5.41, 5.74) is 2.16. The van der Waals surface area contributed by atoms with Gasteiger partial charge in [0.05, 0.1) is 29.5 Å². The van der Waals surface area contributed by atoms with Gasteiger partial charge in [-0.2, -0.15) is 10.2 Å². The van der Waals surface area contributed by atoms with Crippen LogP contribution < -0.4 is 5.32 Å². The summed E-state index contributed by atoms with van der Waals surface area (Å²) in [5.74, 6) is 0.347. The average molecular weight is 480 g/mol. The molecule has 0 aliphatic carbocycles. The molecule has 4 rings (SSSR count). The number of hydrogen-bond acceptors (Lipinski definition) is 6. The van der Waals surface area contributed by atoms with Gasteiger partial charge < -0.3 is 5.32 Å². The van der Waals surface area contributed by atoms with Gasteiger partial charge in [0.2, 0.25) is 5.13 Å². The molecule has 1 atom stereocenters. The van der Waals surface area contributed by atoms with Crippen LogP contribution in [0.2, 0.25) is 10.0 Å². The smallest absolute Gasteiger partial charge is 0.211 e. The fourth-order valence-electron chi connectivity index (χ4n) is 3.15. The lowest BCUT2D eigenvalue weighted by molar-refractivity contribution is 0.525. The third-order valence-electron chi connectivity index (χ3n) is 4.86. The van der Waals surface area contributed by atoms with Crippen molar-refractivity contribution in [2.24, 2.45) is 0 Å². The number of nitrogens with one attached hydrogen (secondary N) is 1. The third kappa shape index (κ3) is 4.73. The Morgan fingerprint density at radius 1 is 1.16 bits per heavy atom. The molecule has 0 saturated heterocycles. The topological polar surface area (TPSA) is 73.5 Å². The van der Waals surface area contributed by atoms with Crippen LogP contribution in [0.3, 0.4) is 0 Å². The molecule has 162 valence electrons. The molecule has 0 spiro atoms. The van der Waals surface area contributed by atoms with Crippen LogP contribution in [0.25, 0.3) is 0 Å². The number of halogens is 3. The lowest BCUT2D eigenvalue weighted by Gasteiger charge is -2.09. The number of nitrogens with zero attached hydrogens (tertiary/aromatic N) is 6. The molecule has 0 amide bonds.